The lowest BCUT2D eigenvalue weighted by Gasteiger charge is -2.39. The molecule has 2 heterocycles. The summed E-state index contributed by atoms with van der Waals surface area (Å²) in [4.78, 5) is 21.7. The van der Waals surface area contributed by atoms with Gasteiger partial charge in [-0.25, -0.2) is 9.97 Å². The molecule has 1 aliphatic rings. The molecule has 26 heavy (non-hydrogen) atoms. The van der Waals surface area contributed by atoms with Crippen LogP contribution in [0.2, 0.25) is 5.02 Å². The number of hydrogen-bond acceptors (Lipinski definition) is 4. The number of alkyl halides is 3. The first-order valence-corrected chi connectivity index (χ1v) is 8.36. The van der Waals surface area contributed by atoms with Crippen molar-refractivity contribution in [2.24, 2.45) is 5.73 Å². The van der Waals surface area contributed by atoms with Crippen LogP contribution in [0.1, 0.15) is 23.3 Å². The van der Waals surface area contributed by atoms with Gasteiger partial charge >= 0.3 is 6.18 Å². The molecule has 1 fully saturated rings. The monoisotopic (exact) mass is 384 g/mol. The lowest BCUT2D eigenvalue weighted by Crippen LogP contribution is -2.56. The molecule has 138 valence electrons. The van der Waals surface area contributed by atoms with Crippen LogP contribution in [0.15, 0.2) is 36.5 Å². The zero-order valence-electron chi connectivity index (χ0n) is 13.6. The first-order chi connectivity index (χ1) is 12.3. The molecular formula is C17H16ClF3N4O. The summed E-state index contributed by atoms with van der Waals surface area (Å²) in [7, 11) is 0. The van der Waals surface area contributed by atoms with E-state index in [2.05, 4.69) is 9.97 Å². The molecule has 0 bridgehead atoms. The van der Waals surface area contributed by atoms with E-state index in [0.29, 0.717) is 10.6 Å². The van der Waals surface area contributed by atoms with Crippen molar-refractivity contribution in [1.29, 1.82) is 0 Å². The number of hydrogen-bond donors (Lipinski definition) is 1. The van der Waals surface area contributed by atoms with Crippen LogP contribution in [0.4, 0.5) is 13.2 Å². The van der Waals surface area contributed by atoms with Crippen molar-refractivity contribution in [2.75, 3.05) is 6.54 Å². The second-order valence-corrected chi connectivity index (χ2v) is 6.56. The Morgan fingerprint density at radius 3 is 2.54 bits per heavy atom. The van der Waals surface area contributed by atoms with Gasteiger partial charge in [0.1, 0.15) is 11.7 Å². The lowest BCUT2D eigenvalue weighted by atomic mass is 9.98. The van der Waals surface area contributed by atoms with Gasteiger partial charge in [-0.2, -0.15) is 13.2 Å². The molecule has 9 heteroatoms. The van der Waals surface area contributed by atoms with Gasteiger partial charge in [-0.1, -0.05) is 11.6 Å². The molecule has 2 aromatic rings. The topological polar surface area (TPSA) is 72.1 Å². The largest absolute Gasteiger partial charge is 0.408 e. The fourth-order valence-electron chi connectivity index (χ4n) is 2.93. The van der Waals surface area contributed by atoms with E-state index in [0.717, 1.165) is 4.90 Å². The Morgan fingerprint density at radius 1 is 1.19 bits per heavy atom. The van der Waals surface area contributed by atoms with Crippen LogP contribution < -0.4 is 5.73 Å². The van der Waals surface area contributed by atoms with E-state index in [-0.39, 0.29) is 30.9 Å². The summed E-state index contributed by atoms with van der Waals surface area (Å²) in [5.41, 5.74) is 6.28. The standard InChI is InChI=1S/C17H16ClF3N4O/c18-11-3-1-10(2-4-11)15-23-8-7-13(24-15)16(26)25-9-12(22)5-6-14(25)17(19,20)21/h1-4,7-8,12,14H,5-6,9,22H2. The predicted molar refractivity (Wildman–Crippen MR) is 90.6 cm³/mol. The highest BCUT2D eigenvalue weighted by atomic mass is 35.5. The van der Waals surface area contributed by atoms with E-state index in [4.69, 9.17) is 17.3 Å². The maximum absolute atomic E-state index is 13.3. The van der Waals surface area contributed by atoms with E-state index in [1.807, 2.05) is 0 Å². The predicted octanol–water partition coefficient (Wildman–Crippen LogP) is 3.29. The van der Waals surface area contributed by atoms with E-state index in [1.54, 1.807) is 24.3 Å². The number of nitrogens with two attached hydrogens (primary N) is 1. The average molecular weight is 385 g/mol. The van der Waals surface area contributed by atoms with Crippen molar-refractivity contribution in [3.63, 3.8) is 0 Å². The highest BCUT2D eigenvalue weighted by Crippen LogP contribution is 2.32. The first kappa shape index (κ1) is 18.6. The molecule has 2 unspecified atom stereocenters. The van der Waals surface area contributed by atoms with E-state index in [1.165, 1.54) is 12.3 Å². The number of likely N-dealkylation sites (tertiary alicyclic amines) is 1. The zero-order valence-corrected chi connectivity index (χ0v) is 14.3. The fourth-order valence-corrected chi connectivity index (χ4v) is 3.05. The molecule has 1 aliphatic heterocycles. The number of aromatic nitrogens is 2. The Morgan fingerprint density at radius 2 is 1.88 bits per heavy atom. The third-order valence-corrected chi connectivity index (χ3v) is 4.49. The quantitative estimate of drug-likeness (QED) is 0.862. The van der Waals surface area contributed by atoms with Crippen molar-refractivity contribution in [2.45, 2.75) is 31.1 Å². The number of nitrogens with zero attached hydrogens (tertiary/aromatic N) is 3. The van der Waals surface area contributed by atoms with E-state index in [9.17, 15) is 18.0 Å². The van der Waals surface area contributed by atoms with Gasteiger partial charge in [0.05, 0.1) is 0 Å². The van der Waals surface area contributed by atoms with Gasteiger partial charge < -0.3 is 10.6 Å². The summed E-state index contributed by atoms with van der Waals surface area (Å²) in [5.74, 6) is -0.572. The maximum atomic E-state index is 13.3. The summed E-state index contributed by atoms with van der Waals surface area (Å²) in [5, 5.41) is 0.524. The van der Waals surface area contributed by atoms with Crippen molar-refractivity contribution >= 4 is 17.5 Å². The minimum Gasteiger partial charge on any atom is -0.326 e. The Bertz CT molecular complexity index is 797. The SMILES string of the molecule is NC1CCC(C(F)(F)F)N(C(=O)c2ccnc(-c3ccc(Cl)cc3)n2)C1. The zero-order chi connectivity index (χ0) is 18.9. The van der Waals surface area contributed by atoms with E-state index < -0.39 is 24.2 Å². The van der Waals surface area contributed by atoms with Gasteiger partial charge in [0.2, 0.25) is 0 Å². The molecule has 0 aliphatic carbocycles. The normalized spacial score (nSPS) is 20.9. The maximum Gasteiger partial charge on any atom is 0.408 e. The van der Waals surface area contributed by atoms with Crippen molar-refractivity contribution < 1.29 is 18.0 Å². The van der Waals surface area contributed by atoms with Crippen molar-refractivity contribution in [1.82, 2.24) is 14.9 Å². The van der Waals surface area contributed by atoms with Crippen LogP contribution in [-0.2, 0) is 0 Å². The highest BCUT2D eigenvalue weighted by Gasteiger charge is 2.47. The number of carbonyl (C=O) groups is 1. The van der Waals surface area contributed by atoms with Crippen LogP contribution in [0.25, 0.3) is 11.4 Å². The van der Waals surface area contributed by atoms with Crippen LogP contribution in [-0.4, -0.2) is 45.6 Å². The molecule has 3 rings (SSSR count). The third-order valence-electron chi connectivity index (χ3n) is 4.23. The number of carbonyl (C=O) groups excluding carboxylic acids is 1. The van der Waals surface area contributed by atoms with Gasteiger partial charge in [-0.15, -0.1) is 0 Å². The summed E-state index contributed by atoms with van der Waals surface area (Å²) in [6, 6.07) is 5.56. The summed E-state index contributed by atoms with van der Waals surface area (Å²) in [6.07, 6.45) is -3.17. The molecule has 2 N–H and O–H groups in total. The second-order valence-electron chi connectivity index (χ2n) is 6.12. The van der Waals surface area contributed by atoms with Gasteiger partial charge in [-0.05, 0) is 43.2 Å². The minimum absolute atomic E-state index is 0.103. The van der Waals surface area contributed by atoms with Gasteiger partial charge in [0, 0.05) is 29.4 Å². The second kappa shape index (κ2) is 7.20. The molecule has 1 amide bonds. The number of benzene rings is 1. The molecule has 0 saturated carbocycles. The molecule has 1 aromatic heterocycles. The Kier molecular flexibility index (Phi) is 5.15. The fraction of sp³-hybridized carbons (Fsp3) is 0.353. The molecule has 5 nitrogen and oxygen atoms in total. The number of amides is 1. The van der Waals surface area contributed by atoms with Crippen LogP contribution in [0, 0.1) is 0 Å². The summed E-state index contributed by atoms with van der Waals surface area (Å²) < 4.78 is 39.9. The number of halogens is 4. The van der Waals surface area contributed by atoms with Gasteiger partial charge in [0.25, 0.3) is 5.91 Å². The van der Waals surface area contributed by atoms with Crippen LogP contribution >= 0.6 is 11.6 Å². The average Bonchev–Trinajstić information content (AvgIpc) is 2.60. The van der Waals surface area contributed by atoms with Crippen LogP contribution in [0.5, 0.6) is 0 Å². The molecule has 1 aromatic carbocycles. The molecule has 0 radical (unpaired) electrons. The minimum atomic E-state index is -4.51. The molecule has 2 atom stereocenters. The van der Waals surface area contributed by atoms with Gasteiger partial charge in [0.15, 0.2) is 5.82 Å². The summed E-state index contributed by atoms with van der Waals surface area (Å²) in [6.45, 7) is -0.163. The Balaban J connectivity index is 1.91. The number of rotatable bonds is 2. The molecule has 1 saturated heterocycles. The first-order valence-electron chi connectivity index (χ1n) is 7.98. The Hall–Kier alpha value is -2.19. The number of piperidine rings is 1. The molecular weight excluding hydrogens is 369 g/mol. The highest BCUT2D eigenvalue weighted by molar-refractivity contribution is 6.30. The smallest absolute Gasteiger partial charge is 0.326 e. The van der Waals surface area contributed by atoms with Crippen LogP contribution in [0.3, 0.4) is 0 Å². The third kappa shape index (κ3) is 3.96. The van der Waals surface area contributed by atoms with E-state index >= 15 is 0 Å². The van der Waals surface area contributed by atoms with Gasteiger partial charge in [-0.3, -0.25) is 4.79 Å². The molecule has 0 spiro atoms. The summed E-state index contributed by atoms with van der Waals surface area (Å²) >= 11 is 5.83. The van der Waals surface area contributed by atoms with Crippen molar-refractivity contribution in [3.05, 3.63) is 47.2 Å². The van der Waals surface area contributed by atoms with Crippen molar-refractivity contribution in [3.8, 4) is 11.4 Å². The lowest BCUT2D eigenvalue weighted by molar-refractivity contribution is -0.184. The Labute approximate surface area is 153 Å².